The van der Waals surface area contributed by atoms with Crippen molar-refractivity contribution in [3.8, 4) is 0 Å². The SMILES string of the molecule is CNCC(Cc1cc(F)ccc1Cl)C1CCCC1. The summed E-state index contributed by atoms with van der Waals surface area (Å²) in [5.74, 6) is 1.14. The Balaban J connectivity index is 2.09. The summed E-state index contributed by atoms with van der Waals surface area (Å²) in [7, 11) is 1.98. The van der Waals surface area contributed by atoms with Crippen molar-refractivity contribution in [2.24, 2.45) is 11.8 Å². The minimum Gasteiger partial charge on any atom is -0.319 e. The van der Waals surface area contributed by atoms with E-state index < -0.39 is 0 Å². The molecule has 100 valence electrons. The van der Waals surface area contributed by atoms with E-state index in [0.29, 0.717) is 10.9 Å². The first-order valence-electron chi connectivity index (χ1n) is 6.79. The molecule has 0 heterocycles. The minimum atomic E-state index is -0.191. The summed E-state index contributed by atoms with van der Waals surface area (Å²) >= 11 is 6.16. The van der Waals surface area contributed by atoms with Gasteiger partial charge in [-0.2, -0.15) is 0 Å². The molecule has 0 aliphatic heterocycles. The zero-order valence-electron chi connectivity index (χ0n) is 10.9. The summed E-state index contributed by atoms with van der Waals surface area (Å²) in [6, 6.07) is 4.67. The highest BCUT2D eigenvalue weighted by atomic mass is 35.5. The zero-order chi connectivity index (χ0) is 13.0. The third kappa shape index (κ3) is 3.46. The first-order chi connectivity index (χ1) is 8.70. The molecule has 0 spiro atoms. The molecule has 1 aliphatic carbocycles. The van der Waals surface area contributed by atoms with Crippen LogP contribution < -0.4 is 5.32 Å². The molecule has 1 unspecified atom stereocenters. The van der Waals surface area contributed by atoms with Gasteiger partial charge in [0.15, 0.2) is 0 Å². The summed E-state index contributed by atoms with van der Waals surface area (Å²) < 4.78 is 13.3. The smallest absolute Gasteiger partial charge is 0.123 e. The molecule has 1 nitrogen and oxygen atoms in total. The molecule has 3 heteroatoms. The van der Waals surface area contributed by atoms with Crippen molar-refractivity contribution in [3.63, 3.8) is 0 Å². The summed E-state index contributed by atoms with van der Waals surface area (Å²) in [4.78, 5) is 0. The zero-order valence-corrected chi connectivity index (χ0v) is 11.6. The lowest BCUT2D eigenvalue weighted by Gasteiger charge is -2.23. The third-order valence-corrected chi connectivity index (χ3v) is 4.39. The van der Waals surface area contributed by atoms with E-state index in [0.717, 1.165) is 24.4 Å². The Hall–Kier alpha value is -0.600. The number of hydrogen-bond acceptors (Lipinski definition) is 1. The molecule has 0 radical (unpaired) electrons. The van der Waals surface area contributed by atoms with Crippen LogP contribution in [0.1, 0.15) is 31.2 Å². The van der Waals surface area contributed by atoms with Crippen molar-refractivity contribution in [1.82, 2.24) is 5.32 Å². The van der Waals surface area contributed by atoms with Crippen molar-refractivity contribution in [3.05, 3.63) is 34.6 Å². The standard InChI is InChI=1S/C15H21ClFN/c1-18-10-13(11-4-2-3-5-11)8-12-9-14(17)6-7-15(12)16/h6-7,9,11,13,18H,2-5,8,10H2,1H3. The lowest BCUT2D eigenvalue weighted by molar-refractivity contribution is 0.328. The van der Waals surface area contributed by atoms with Gasteiger partial charge in [0.05, 0.1) is 0 Å². The molecule has 1 aromatic rings. The van der Waals surface area contributed by atoms with Crippen LogP contribution in [0.5, 0.6) is 0 Å². The second-order valence-electron chi connectivity index (χ2n) is 5.30. The normalized spacial score (nSPS) is 18.2. The Morgan fingerprint density at radius 2 is 2.11 bits per heavy atom. The van der Waals surface area contributed by atoms with E-state index in [9.17, 15) is 4.39 Å². The van der Waals surface area contributed by atoms with Gasteiger partial charge in [-0.25, -0.2) is 4.39 Å². The molecule has 1 aromatic carbocycles. The third-order valence-electron chi connectivity index (χ3n) is 4.02. The van der Waals surface area contributed by atoms with Crippen molar-refractivity contribution in [1.29, 1.82) is 0 Å². The lowest BCUT2D eigenvalue weighted by atomic mass is 9.85. The molecule has 0 saturated heterocycles. The molecule has 1 saturated carbocycles. The van der Waals surface area contributed by atoms with Crippen LogP contribution >= 0.6 is 11.6 Å². The van der Waals surface area contributed by atoms with Gasteiger partial charge in [-0.3, -0.25) is 0 Å². The molecular formula is C15H21ClFN. The minimum absolute atomic E-state index is 0.191. The summed E-state index contributed by atoms with van der Waals surface area (Å²) in [6.07, 6.45) is 6.16. The quantitative estimate of drug-likeness (QED) is 0.850. The lowest BCUT2D eigenvalue weighted by Crippen LogP contribution is -2.26. The van der Waals surface area contributed by atoms with Crippen LogP contribution in [-0.2, 0) is 6.42 Å². The number of benzene rings is 1. The van der Waals surface area contributed by atoms with Gasteiger partial charge in [0.2, 0.25) is 0 Å². The molecule has 18 heavy (non-hydrogen) atoms. The first-order valence-corrected chi connectivity index (χ1v) is 7.17. The predicted octanol–water partition coefficient (Wildman–Crippen LogP) is 4.05. The average molecular weight is 270 g/mol. The average Bonchev–Trinajstić information content (AvgIpc) is 2.87. The second kappa shape index (κ2) is 6.53. The molecule has 0 amide bonds. The number of nitrogens with one attached hydrogen (secondary N) is 1. The fourth-order valence-corrected chi connectivity index (χ4v) is 3.27. The van der Waals surface area contributed by atoms with Gasteiger partial charge in [0, 0.05) is 5.02 Å². The van der Waals surface area contributed by atoms with Gasteiger partial charge >= 0.3 is 0 Å². The summed E-state index contributed by atoms with van der Waals surface area (Å²) in [5, 5.41) is 3.95. The second-order valence-corrected chi connectivity index (χ2v) is 5.71. The Morgan fingerprint density at radius 3 is 2.78 bits per heavy atom. The Bertz CT molecular complexity index is 388. The molecule has 1 aliphatic rings. The Labute approximate surface area is 114 Å². The van der Waals surface area contributed by atoms with E-state index in [4.69, 9.17) is 11.6 Å². The van der Waals surface area contributed by atoms with Gasteiger partial charge in [0.25, 0.3) is 0 Å². The summed E-state index contributed by atoms with van der Waals surface area (Å²) in [5.41, 5.74) is 0.948. The highest BCUT2D eigenvalue weighted by Gasteiger charge is 2.25. The maximum absolute atomic E-state index is 13.3. The molecule has 1 N–H and O–H groups in total. The summed E-state index contributed by atoms with van der Waals surface area (Å²) in [6.45, 7) is 0.984. The highest BCUT2D eigenvalue weighted by molar-refractivity contribution is 6.31. The largest absolute Gasteiger partial charge is 0.319 e. The van der Waals surface area contributed by atoms with Crippen molar-refractivity contribution >= 4 is 11.6 Å². The van der Waals surface area contributed by atoms with Gasteiger partial charge in [-0.15, -0.1) is 0 Å². The van der Waals surface area contributed by atoms with E-state index in [1.165, 1.54) is 31.7 Å². The van der Waals surface area contributed by atoms with Crippen LogP contribution in [0.3, 0.4) is 0 Å². The predicted molar refractivity (Wildman–Crippen MR) is 74.5 cm³/mol. The topological polar surface area (TPSA) is 12.0 Å². The van der Waals surface area contributed by atoms with Crippen LogP contribution in [0.2, 0.25) is 5.02 Å². The Morgan fingerprint density at radius 1 is 1.39 bits per heavy atom. The van der Waals surface area contributed by atoms with Gasteiger partial charge in [-0.1, -0.05) is 37.3 Å². The number of rotatable bonds is 5. The molecule has 0 aromatic heterocycles. The van der Waals surface area contributed by atoms with Crippen molar-refractivity contribution in [2.75, 3.05) is 13.6 Å². The van der Waals surface area contributed by atoms with Crippen LogP contribution in [0, 0.1) is 17.7 Å². The molecule has 0 bridgehead atoms. The maximum atomic E-state index is 13.3. The molecule has 2 rings (SSSR count). The highest BCUT2D eigenvalue weighted by Crippen LogP contribution is 2.34. The van der Waals surface area contributed by atoms with Crippen LogP contribution in [0.25, 0.3) is 0 Å². The van der Waals surface area contributed by atoms with Crippen LogP contribution in [-0.4, -0.2) is 13.6 Å². The molecule has 1 fully saturated rings. The van der Waals surface area contributed by atoms with E-state index in [1.807, 2.05) is 7.05 Å². The van der Waals surface area contributed by atoms with E-state index in [2.05, 4.69) is 5.32 Å². The monoisotopic (exact) mass is 269 g/mol. The van der Waals surface area contributed by atoms with E-state index in [1.54, 1.807) is 12.1 Å². The number of hydrogen-bond donors (Lipinski definition) is 1. The van der Waals surface area contributed by atoms with Crippen LogP contribution in [0.15, 0.2) is 18.2 Å². The van der Waals surface area contributed by atoms with Gasteiger partial charge in [0.1, 0.15) is 5.82 Å². The van der Waals surface area contributed by atoms with E-state index in [-0.39, 0.29) is 5.82 Å². The Kier molecular flexibility index (Phi) is 5.02. The maximum Gasteiger partial charge on any atom is 0.123 e. The molecule has 1 atom stereocenters. The van der Waals surface area contributed by atoms with E-state index >= 15 is 0 Å². The van der Waals surface area contributed by atoms with Gasteiger partial charge in [-0.05, 0) is 55.6 Å². The first kappa shape index (κ1) is 13.8. The van der Waals surface area contributed by atoms with Crippen molar-refractivity contribution < 1.29 is 4.39 Å². The van der Waals surface area contributed by atoms with Crippen LogP contribution in [0.4, 0.5) is 4.39 Å². The fourth-order valence-electron chi connectivity index (χ4n) is 3.08. The van der Waals surface area contributed by atoms with Gasteiger partial charge < -0.3 is 5.32 Å². The molecular weight excluding hydrogens is 249 g/mol. The van der Waals surface area contributed by atoms with Crippen molar-refractivity contribution in [2.45, 2.75) is 32.1 Å². The fraction of sp³-hybridized carbons (Fsp3) is 0.600. The number of halogens is 2.